The van der Waals surface area contributed by atoms with Crippen molar-refractivity contribution in [1.82, 2.24) is 0 Å². The molecule has 0 aliphatic heterocycles. The Hall–Kier alpha value is -1.75. The van der Waals surface area contributed by atoms with E-state index in [4.69, 9.17) is 10.5 Å². The molecule has 2 aromatic rings. The van der Waals surface area contributed by atoms with Crippen molar-refractivity contribution in [2.45, 2.75) is 10.6 Å². The smallest absolute Gasteiger partial charge is 0.130 e. The fourth-order valence-corrected chi connectivity index (χ4v) is 2.51. The van der Waals surface area contributed by atoms with Gasteiger partial charge in [-0.3, -0.25) is 0 Å². The Morgan fingerprint density at radius 1 is 1.16 bits per heavy atom. The zero-order chi connectivity index (χ0) is 13.8. The number of rotatable bonds is 4. The first-order valence-electron chi connectivity index (χ1n) is 5.60. The Balaban J connectivity index is 2.10. The average Bonchev–Trinajstić information content (AvgIpc) is 2.39. The first kappa shape index (κ1) is 13.7. The van der Waals surface area contributed by atoms with Crippen molar-refractivity contribution in [2.24, 2.45) is 0 Å². The fraction of sp³-hybridized carbons (Fsp3) is 0.143. The van der Waals surface area contributed by atoms with Crippen LogP contribution in [0.1, 0.15) is 5.56 Å². The van der Waals surface area contributed by atoms with Gasteiger partial charge in [-0.15, -0.1) is 11.8 Å². The van der Waals surface area contributed by atoms with Gasteiger partial charge >= 0.3 is 0 Å². The molecule has 0 amide bonds. The lowest BCUT2D eigenvalue weighted by atomic mass is 10.2. The van der Waals surface area contributed by atoms with E-state index in [2.05, 4.69) is 0 Å². The monoisotopic (exact) mass is 281 g/mol. The summed E-state index contributed by atoms with van der Waals surface area (Å²) in [7, 11) is 1.49. The second-order valence-corrected chi connectivity index (χ2v) is 4.95. The highest BCUT2D eigenvalue weighted by atomic mass is 32.2. The molecule has 0 atom stereocenters. The number of thioether (sulfide) groups is 1. The maximum absolute atomic E-state index is 13.7. The van der Waals surface area contributed by atoms with E-state index in [1.54, 1.807) is 18.2 Å². The second kappa shape index (κ2) is 5.93. The molecule has 0 spiro atoms. The summed E-state index contributed by atoms with van der Waals surface area (Å²) in [5.74, 6) is 0.198. The van der Waals surface area contributed by atoms with Crippen LogP contribution in [0, 0.1) is 11.6 Å². The molecule has 0 saturated heterocycles. The predicted octanol–water partition coefficient (Wildman–Crippen LogP) is 3.85. The van der Waals surface area contributed by atoms with Gasteiger partial charge in [0.2, 0.25) is 0 Å². The van der Waals surface area contributed by atoms with Crippen LogP contribution in [0.15, 0.2) is 41.3 Å². The van der Waals surface area contributed by atoms with Gasteiger partial charge in [-0.1, -0.05) is 6.07 Å². The van der Waals surface area contributed by atoms with Crippen LogP contribution in [0.3, 0.4) is 0 Å². The van der Waals surface area contributed by atoms with Gasteiger partial charge in [0, 0.05) is 22.4 Å². The van der Waals surface area contributed by atoms with E-state index < -0.39 is 0 Å². The second-order valence-electron chi connectivity index (χ2n) is 3.93. The van der Waals surface area contributed by atoms with E-state index in [-0.39, 0.29) is 11.6 Å². The number of nitrogens with two attached hydrogens (primary N) is 1. The largest absolute Gasteiger partial charge is 0.497 e. The third kappa shape index (κ3) is 3.38. The maximum Gasteiger partial charge on any atom is 0.130 e. The molecular formula is C14H13F2NOS. The maximum atomic E-state index is 13.7. The Bertz CT molecular complexity index is 590. The van der Waals surface area contributed by atoms with Crippen molar-refractivity contribution < 1.29 is 13.5 Å². The van der Waals surface area contributed by atoms with Crippen LogP contribution in [-0.2, 0) is 5.75 Å². The van der Waals surface area contributed by atoms with Gasteiger partial charge in [0.25, 0.3) is 0 Å². The quantitative estimate of drug-likeness (QED) is 0.683. The van der Waals surface area contributed by atoms with Crippen molar-refractivity contribution in [3.63, 3.8) is 0 Å². The molecule has 2 N–H and O–H groups in total. The van der Waals surface area contributed by atoms with Crippen LogP contribution in [0.4, 0.5) is 14.5 Å². The minimum atomic E-state index is -0.377. The molecule has 100 valence electrons. The van der Waals surface area contributed by atoms with Gasteiger partial charge in [0.1, 0.15) is 17.4 Å². The summed E-state index contributed by atoms with van der Waals surface area (Å²) in [6.07, 6.45) is 0. The first-order valence-corrected chi connectivity index (χ1v) is 6.59. The average molecular weight is 281 g/mol. The first-order chi connectivity index (χ1) is 9.10. The fourth-order valence-electron chi connectivity index (χ4n) is 1.58. The van der Waals surface area contributed by atoms with Gasteiger partial charge in [0.05, 0.1) is 7.11 Å². The summed E-state index contributed by atoms with van der Waals surface area (Å²) in [6.45, 7) is 0. The SMILES string of the molecule is COc1ccc(CSc2ccc(F)cc2N)c(F)c1. The molecule has 0 radical (unpaired) electrons. The van der Waals surface area contributed by atoms with Crippen LogP contribution < -0.4 is 10.5 Å². The van der Waals surface area contributed by atoms with Crippen molar-refractivity contribution >= 4 is 17.4 Å². The minimum absolute atomic E-state index is 0.326. The topological polar surface area (TPSA) is 35.2 Å². The number of hydrogen-bond donors (Lipinski definition) is 1. The Morgan fingerprint density at radius 2 is 1.95 bits per heavy atom. The summed E-state index contributed by atoms with van der Waals surface area (Å²) in [6, 6.07) is 8.89. The number of benzene rings is 2. The molecule has 2 nitrogen and oxygen atoms in total. The number of ether oxygens (including phenoxy) is 1. The van der Waals surface area contributed by atoms with Crippen LogP contribution in [0.25, 0.3) is 0 Å². The molecule has 0 aliphatic carbocycles. The van der Waals surface area contributed by atoms with Crippen LogP contribution in [0.2, 0.25) is 0 Å². The molecule has 0 bridgehead atoms. The summed E-state index contributed by atoms with van der Waals surface area (Å²) in [4.78, 5) is 0.733. The highest BCUT2D eigenvalue weighted by Crippen LogP contribution is 2.30. The highest BCUT2D eigenvalue weighted by Gasteiger charge is 2.07. The van der Waals surface area contributed by atoms with E-state index in [1.807, 2.05) is 0 Å². The predicted molar refractivity (Wildman–Crippen MR) is 73.3 cm³/mol. The van der Waals surface area contributed by atoms with E-state index >= 15 is 0 Å². The Labute approximate surface area is 114 Å². The van der Waals surface area contributed by atoms with E-state index in [0.717, 1.165) is 4.90 Å². The molecular weight excluding hydrogens is 268 g/mol. The Kier molecular flexibility index (Phi) is 4.27. The van der Waals surface area contributed by atoms with Crippen LogP contribution in [-0.4, -0.2) is 7.11 Å². The number of anilines is 1. The standard InChI is InChI=1S/C14H13F2NOS/c1-18-11-4-2-9(12(16)7-11)8-19-14-5-3-10(15)6-13(14)17/h2-7H,8,17H2,1H3. The van der Waals surface area contributed by atoms with E-state index in [1.165, 1.54) is 37.1 Å². The van der Waals surface area contributed by atoms with Gasteiger partial charge in [-0.05, 0) is 29.8 Å². The lowest BCUT2D eigenvalue weighted by Gasteiger charge is -2.07. The van der Waals surface area contributed by atoms with Crippen molar-refractivity contribution in [2.75, 3.05) is 12.8 Å². The van der Waals surface area contributed by atoms with Gasteiger partial charge in [-0.2, -0.15) is 0 Å². The zero-order valence-electron chi connectivity index (χ0n) is 10.3. The molecule has 0 fully saturated rings. The zero-order valence-corrected chi connectivity index (χ0v) is 11.1. The third-order valence-corrected chi connectivity index (χ3v) is 3.75. The molecule has 0 aliphatic rings. The van der Waals surface area contributed by atoms with E-state index in [9.17, 15) is 8.78 Å². The van der Waals surface area contributed by atoms with Crippen molar-refractivity contribution in [3.05, 3.63) is 53.6 Å². The molecule has 0 unspecified atom stereocenters. The van der Waals surface area contributed by atoms with Crippen LogP contribution in [0.5, 0.6) is 5.75 Å². The normalized spacial score (nSPS) is 10.5. The van der Waals surface area contributed by atoms with Crippen LogP contribution >= 0.6 is 11.8 Å². The van der Waals surface area contributed by atoms with Crippen molar-refractivity contribution in [1.29, 1.82) is 0 Å². The molecule has 19 heavy (non-hydrogen) atoms. The summed E-state index contributed by atoms with van der Waals surface area (Å²) < 4.78 is 31.6. The van der Waals surface area contributed by atoms with Gasteiger partial charge < -0.3 is 10.5 Å². The third-order valence-electron chi connectivity index (χ3n) is 2.62. The minimum Gasteiger partial charge on any atom is -0.497 e. The number of methoxy groups -OCH3 is 1. The lowest BCUT2D eigenvalue weighted by molar-refractivity contribution is 0.411. The number of hydrogen-bond acceptors (Lipinski definition) is 3. The lowest BCUT2D eigenvalue weighted by Crippen LogP contribution is -1.93. The van der Waals surface area contributed by atoms with E-state index in [0.29, 0.717) is 22.8 Å². The summed E-state index contributed by atoms with van der Waals surface area (Å²) in [5, 5.41) is 0. The molecule has 0 aromatic heterocycles. The van der Waals surface area contributed by atoms with Gasteiger partial charge in [-0.25, -0.2) is 8.78 Å². The molecule has 5 heteroatoms. The highest BCUT2D eigenvalue weighted by molar-refractivity contribution is 7.98. The van der Waals surface area contributed by atoms with Crippen molar-refractivity contribution in [3.8, 4) is 5.75 Å². The number of nitrogen functional groups attached to an aromatic ring is 1. The molecule has 0 saturated carbocycles. The summed E-state index contributed by atoms with van der Waals surface area (Å²) in [5.41, 5.74) is 6.61. The molecule has 0 heterocycles. The van der Waals surface area contributed by atoms with Gasteiger partial charge in [0.15, 0.2) is 0 Å². The Morgan fingerprint density at radius 3 is 2.58 bits per heavy atom. The summed E-state index contributed by atoms with van der Waals surface area (Å²) >= 11 is 1.36. The molecule has 2 aromatic carbocycles. The number of halogens is 2. The molecule has 2 rings (SSSR count).